The van der Waals surface area contributed by atoms with Crippen LogP contribution in [0.1, 0.15) is 15.9 Å². The van der Waals surface area contributed by atoms with Crippen LogP contribution in [0.2, 0.25) is 0 Å². The molecular weight excluding hydrogens is 386 g/mol. The summed E-state index contributed by atoms with van der Waals surface area (Å²) < 4.78 is 31.0. The molecule has 0 radical (unpaired) electrons. The van der Waals surface area contributed by atoms with Gasteiger partial charge in [0.05, 0.1) is 23.6 Å². The first kappa shape index (κ1) is 19.1. The van der Waals surface area contributed by atoms with Crippen molar-refractivity contribution in [2.75, 3.05) is 24.6 Å². The number of carbonyl (C=O) groups excluding carboxylic acids is 1. The fourth-order valence-electron chi connectivity index (χ4n) is 2.59. The van der Waals surface area contributed by atoms with Crippen LogP contribution in [-0.4, -0.2) is 39.2 Å². The zero-order valence-corrected chi connectivity index (χ0v) is 16.5. The number of anilines is 1. The van der Waals surface area contributed by atoms with Gasteiger partial charge in [-0.05, 0) is 36.2 Å². The smallest absolute Gasteiger partial charge is 0.251 e. The molecular formula is C18H19N3O4S2. The van der Waals surface area contributed by atoms with Crippen molar-refractivity contribution in [1.29, 1.82) is 0 Å². The molecule has 2 N–H and O–H groups in total. The number of sulfonamides is 1. The van der Waals surface area contributed by atoms with Gasteiger partial charge >= 0.3 is 0 Å². The second kappa shape index (κ2) is 7.93. The number of aromatic nitrogens is 1. The predicted octanol–water partition coefficient (Wildman–Crippen LogP) is 2.65. The molecule has 7 nitrogen and oxygen atoms in total. The molecule has 0 fully saturated rings. The molecule has 0 saturated heterocycles. The quantitative estimate of drug-likeness (QED) is 0.630. The van der Waals surface area contributed by atoms with Gasteiger partial charge in [0.15, 0.2) is 5.13 Å². The van der Waals surface area contributed by atoms with E-state index in [0.29, 0.717) is 24.0 Å². The number of ether oxygens (including phenoxy) is 1. The van der Waals surface area contributed by atoms with E-state index in [1.165, 1.54) is 11.3 Å². The van der Waals surface area contributed by atoms with E-state index in [9.17, 15) is 13.2 Å². The van der Waals surface area contributed by atoms with Crippen LogP contribution in [0.25, 0.3) is 10.2 Å². The van der Waals surface area contributed by atoms with E-state index in [1.807, 2.05) is 24.3 Å². The first-order chi connectivity index (χ1) is 12.9. The molecule has 0 aliphatic heterocycles. The average Bonchev–Trinajstić information content (AvgIpc) is 3.01. The lowest BCUT2D eigenvalue weighted by atomic mass is 10.1. The van der Waals surface area contributed by atoms with Crippen molar-refractivity contribution >= 4 is 42.6 Å². The minimum absolute atomic E-state index is 0.196. The largest absolute Gasteiger partial charge is 0.496 e. The van der Waals surface area contributed by atoms with E-state index in [0.717, 1.165) is 22.3 Å². The summed E-state index contributed by atoms with van der Waals surface area (Å²) in [6.45, 7) is 0.473. The van der Waals surface area contributed by atoms with Gasteiger partial charge < -0.3 is 10.1 Å². The van der Waals surface area contributed by atoms with Crippen molar-refractivity contribution in [3.05, 3.63) is 53.6 Å². The van der Waals surface area contributed by atoms with E-state index in [1.54, 1.807) is 25.3 Å². The SMILES string of the molecule is COc1ccccc1CCNC(=O)c1ccc2nc(NS(C)(=O)=O)sc2c1. The number of rotatable bonds is 7. The Balaban J connectivity index is 1.66. The average molecular weight is 406 g/mol. The molecule has 0 saturated carbocycles. The number of amides is 1. The lowest BCUT2D eigenvalue weighted by Crippen LogP contribution is -2.25. The number of thiazole rings is 1. The summed E-state index contributed by atoms with van der Waals surface area (Å²) in [5, 5.41) is 3.17. The molecule has 9 heteroatoms. The zero-order valence-electron chi connectivity index (χ0n) is 14.9. The van der Waals surface area contributed by atoms with Crippen molar-refractivity contribution in [3.8, 4) is 5.75 Å². The van der Waals surface area contributed by atoms with E-state index in [-0.39, 0.29) is 11.0 Å². The van der Waals surface area contributed by atoms with Gasteiger partial charge in [-0.1, -0.05) is 29.5 Å². The summed E-state index contributed by atoms with van der Waals surface area (Å²) in [4.78, 5) is 16.6. The predicted molar refractivity (Wildman–Crippen MR) is 107 cm³/mol. The number of nitrogens with zero attached hydrogens (tertiary/aromatic N) is 1. The van der Waals surface area contributed by atoms with Gasteiger partial charge in [-0.15, -0.1) is 0 Å². The third-order valence-electron chi connectivity index (χ3n) is 3.80. The summed E-state index contributed by atoms with van der Waals surface area (Å²) >= 11 is 1.18. The summed E-state index contributed by atoms with van der Waals surface area (Å²) in [5.74, 6) is 0.599. The molecule has 0 aliphatic rings. The molecule has 3 rings (SSSR count). The summed E-state index contributed by atoms with van der Waals surface area (Å²) in [5.41, 5.74) is 2.16. The van der Waals surface area contributed by atoms with E-state index < -0.39 is 10.0 Å². The fourth-order valence-corrected chi connectivity index (χ4v) is 4.33. The molecule has 142 valence electrons. The lowest BCUT2D eigenvalue weighted by molar-refractivity contribution is 0.0954. The zero-order chi connectivity index (χ0) is 19.4. The van der Waals surface area contributed by atoms with Crippen molar-refractivity contribution < 1.29 is 17.9 Å². The lowest BCUT2D eigenvalue weighted by Gasteiger charge is -2.09. The minimum Gasteiger partial charge on any atom is -0.496 e. The highest BCUT2D eigenvalue weighted by Gasteiger charge is 2.12. The maximum absolute atomic E-state index is 12.4. The Morgan fingerprint density at radius 2 is 2.00 bits per heavy atom. The van der Waals surface area contributed by atoms with E-state index >= 15 is 0 Å². The van der Waals surface area contributed by atoms with Crippen LogP contribution >= 0.6 is 11.3 Å². The maximum Gasteiger partial charge on any atom is 0.251 e. The molecule has 1 aromatic heterocycles. The van der Waals surface area contributed by atoms with Crippen LogP contribution in [0.3, 0.4) is 0 Å². The van der Waals surface area contributed by atoms with Gasteiger partial charge in [-0.2, -0.15) is 0 Å². The van der Waals surface area contributed by atoms with Gasteiger partial charge in [0, 0.05) is 12.1 Å². The minimum atomic E-state index is -3.39. The Kier molecular flexibility index (Phi) is 5.62. The Hall–Kier alpha value is -2.65. The van der Waals surface area contributed by atoms with Crippen LogP contribution in [-0.2, 0) is 16.4 Å². The standard InChI is InChI=1S/C18H19N3O4S2/c1-25-15-6-4-3-5-12(15)9-10-19-17(22)13-7-8-14-16(11-13)26-18(20-14)21-27(2,23)24/h3-8,11H,9-10H2,1-2H3,(H,19,22)(H,20,21). The second-order valence-corrected chi connectivity index (χ2v) is 8.67. The summed E-state index contributed by atoms with van der Waals surface area (Å²) in [6, 6.07) is 12.8. The normalized spacial score (nSPS) is 11.3. The first-order valence-electron chi connectivity index (χ1n) is 8.14. The number of hydrogen-bond acceptors (Lipinski definition) is 6. The number of benzene rings is 2. The Bertz CT molecular complexity index is 1080. The van der Waals surface area contributed by atoms with Crippen molar-refractivity contribution in [1.82, 2.24) is 10.3 Å². The highest BCUT2D eigenvalue weighted by molar-refractivity contribution is 7.92. The summed E-state index contributed by atoms with van der Waals surface area (Å²) in [7, 11) is -1.77. The van der Waals surface area contributed by atoms with Gasteiger partial charge in [0.2, 0.25) is 10.0 Å². The molecule has 0 unspecified atom stereocenters. The van der Waals surface area contributed by atoms with Crippen LogP contribution in [0.5, 0.6) is 5.75 Å². The number of methoxy groups -OCH3 is 1. The monoisotopic (exact) mass is 405 g/mol. The Morgan fingerprint density at radius 3 is 2.74 bits per heavy atom. The number of carbonyl (C=O) groups is 1. The molecule has 1 amide bonds. The molecule has 0 spiro atoms. The van der Waals surface area contributed by atoms with E-state index in [4.69, 9.17) is 4.74 Å². The van der Waals surface area contributed by atoms with Crippen molar-refractivity contribution in [3.63, 3.8) is 0 Å². The van der Waals surface area contributed by atoms with E-state index in [2.05, 4.69) is 15.0 Å². The number of hydrogen-bond donors (Lipinski definition) is 2. The number of para-hydroxylation sites is 1. The Labute approximate surface area is 161 Å². The molecule has 1 heterocycles. The number of nitrogens with one attached hydrogen (secondary N) is 2. The molecule has 3 aromatic rings. The van der Waals surface area contributed by atoms with Gasteiger partial charge in [0.1, 0.15) is 5.75 Å². The molecule has 0 aliphatic carbocycles. The van der Waals surface area contributed by atoms with Crippen LogP contribution in [0.4, 0.5) is 5.13 Å². The second-order valence-electron chi connectivity index (χ2n) is 5.89. The Morgan fingerprint density at radius 1 is 1.22 bits per heavy atom. The summed E-state index contributed by atoms with van der Waals surface area (Å²) in [6.07, 6.45) is 1.72. The number of fused-ring (bicyclic) bond motifs is 1. The van der Waals surface area contributed by atoms with Crippen molar-refractivity contribution in [2.45, 2.75) is 6.42 Å². The van der Waals surface area contributed by atoms with Gasteiger partial charge in [-0.3, -0.25) is 9.52 Å². The highest BCUT2D eigenvalue weighted by atomic mass is 32.2. The maximum atomic E-state index is 12.4. The third kappa shape index (κ3) is 4.95. The van der Waals surface area contributed by atoms with Gasteiger partial charge in [0.25, 0.3) is 5.91 Å². The van der Waals surface area contributed by atoms with Crippen LogP contribution in [0, 0.1) is 0 Å². The molecule has 0 bridgehead atoms. The highest BCUT2D eigenvalue weighted by Crippen LogP contribution is 2.27. The molecule has 2 aromatic carbocycles. The fraction of sp³-hybridized carbons (Fsp3) is 0.222. The molecule has 27 heavy (non-hydrogen) atoms. The topological polar surface area (TPSA) is 97.4 Å². The van der Waals surface area contributed by atoms with Crippen LogP contribution < -0.4 is 14.8 Å². The first-order valence-corrected chi connectivity index (χ1v) is 10.8. The van der Waals surface area contributed by atoms with Gasteiger partial charge in [-0.25, -0.2) is 13.4 Å². The molecule has 0 atom stereocenters. The third-order valence-corrected chi connectivity index (χ3v) is 5.42. The van der Waals surface area contributed by atoms with Crippen molar-refractivity contribution in [2.24, 2.45) is 0 Å². The van der Waals surface area contributed by atoms with Crippen LogP contribution in [0.15, 0.2) is 42.5 Å².